The second kappa shape index (κ2) is 8.28. The molecule has 1 amide bonds. The zero-order valence-electron chi connectivity index (χ0n) is 12.3. The third kappa shape index (κ3) is 5.10. The number of hydrogen-bond acceptors (Lipinski definition) is 4. The first-order valence-electron chi connectivity index (χ1n) is 6.74. The topological polar surface area (TPSA) is 54.4 Å². The van der Waals surface area contributed by atoms with E-state index in [0.717, 1.165) is 16.3 Å². The lowest BCUT2D eigenvalue weighted by Crippen LogP contribution is -2.27. The summed E-state index contributed by atoms with van der Waals surface area (Å²) in [5, 5.41) is 4.73. The first-order valence-corrected chi connectivity index (χ1v) is 8.70. The first kappa shape index (κ1) is 17.0. The molecule has 1 aromatic carbocycles. The number of thioether (sulfide) groups is 1. The maximum atomic E-state index is 12.1. The minimum Gasteiger partial charge on any atom is -0.272 e. The smallest absolute Gasteiger partial charge is 0.253 e. The average molecular weight is 425 g/mol. The van der Waals surface area contributed by atoms with Crippen molar-refractivity contribution in [2.24, 2.45) is 5.10 Å². The van der Waals surface area contributed by atoms with Gasteiger partial charge in [-0.3, -0.25) is 4.79 Å². The van der Waals surface area contributed by atoms with E-state index in [0.29, 0.717) is 0 Å². The molecule has 0 aliphatic heterocycles. The Morgan fingerprint density at radius 2 is 2.00 bits per heavy atom. The molecule has 1 unspecified atom stereocenters. The monoisotopic (exact) mass is 425 g/mol. The van der Waals surface area contributed by atoms with Crippen LogP contribution in [0.4, 0.5) is 0 Å². The van der Waals surface area contributed by atoms with E-state index in [1.54, 1.807) is 6.20 Å². The van der Waals surface area contributed by atoms with Crippen molar-refractivity contribution in [3.63, 3.8) is 0 Å². The summed E-state index contributed by atoms with van der Waals surface area (Å²) in [6.07, 6.45) is 1.71. The number of carbonyl (C=O) groups excluding carboxylic acids is 1. The van der Waals surface area contributed by atoms with Gasteiger partial charge in [-0.2, -0.15) is 5.10 Å². The van der Waals surface area contributed by atoms with Crippen molar-refractivity contribution in [2.75, 3.05) is 0 Å². The molecule has 114 valence electrons. The summed E-state index contributed by atoms with van der Waals surface area (Å²) in [4.78, 5) is 16.3. The number of halogens is 1. The van der Waals surface area contributed by atoms with Crippen molar-refractivity contribution < 1.29 is 4.79 Å². The van der Waals surface area contributed by atoms with Gasteiger partial charge in [-0.1, -0.05) is 30.0 Å². The molecule has 1 atom stereocenters. The van der Waals surface area contributed by atoms with Gasteiger partial charge in [-0.15, -0.1) is 0 Å². The van der Waals surface area contributed by atoms with Crippen molar-refractivity contribution in [3.05, 3.63) is 57.8 Å². The number of hydrazone groups is 1. The van der Waals surface area contributed by atoms with Crippen LogP contribution in [-0.2, 0) is 4.79 Å². The van der Waals surface area contributed by atoms with Gasteiger partial charge in [0.15, 0.2) is 0 Å². The molecule has 22 heavy (non-hydrogen) atoms. The van der Waals surface area contributed by atoms with Gasteiger partial charge in [0.1, 0.15) is 0 Å². The first-order chi connectivity index (χ1) is 10.6. The zero-order chi connectivity index (χ0) is 15.9. The Morgan fingerprint density at radius 1 is 1.27 bits per heavy atom. The lowest BCUT2D eigenvalue weighted by molar-refractivity contribution is -0.120. The van der Waals surface area contributed by atoms with Crippen LogP contribution >= 0.6 is 34.4 Å². The van der Waals surface area contributed by atoms with Crippen molar-refractivity contribution >= 4 is 46.0 Å². The molecule has 4 nitrogen and oxygen atoms in total. The molecule has 0 saturated carbocycles. The Bertz CT molecular complexity index is 659. The van der Waals surface area contributed by atoms with E-state index in [2.05, 4.69) is 38.1 Å². The van der Waals surface area contributed by atoms with Crippen LogP contribution in [0.3, 0.4) is 0 Å². The third-order valence-corrected chi connectivity index (χ3v) is 4.67. The number of carbonyl (C=O) groups is 1. The highest BCUT2D eigenvalue weighted by atomic mass is 127. The predicted octanol–water partition coefficient (Wildman–Crippen LogP) is 3.71. The van der Waals surface area contributed by atoms with E-state index >= 15 is 0 Å². The summed E-state index contributed by atoms with van der Waals surface area (Å²) in [5.41, 5.74) is 4.38. The molecule has 2 aromatic rings. The molecule has 0 saturated heterocycles. The molecule has 6 heteroatoms. The van der Waals surface area contributed by atoms with Crippen molar-refractivity contribution in [2.45, 2.75) is 24.1 Å². The zero-order valence-corrected chi connectivity index (χ0v) is 15.3. The fourth-order valence-electron chi connectivity index (χ4n) is 1.64. The normalized spacial score (nSPS) is 12.8. The highest BCUT2D eigenvalue weighted by Crippen LogP contribution is 2.20. The number of rotatable bonds is 5. The summed E-state index contributed by atoms with van der Waals surface area (Å²) in [6.45, 7) is 3.71. The molecule has 0 aliphatic rings. The van der Waals surface area contributed by atoms with Crippen molar-refractivity contribution in [1.29, 1.82) is 0 Å². The van der Waals surface area contributed by atoms with E-state index in [1.165, 1.54) is 15.3 Å². The summed E-state index contributed by atoms with van der Waals surface area (Å²) >= 11 is 3.66. The maximum Gasteiger partial charge on any atom is 0.253 e. The Kier molecular flexibility index (Phi) is 6.38. The minimum atomic E-state index is -0.261. The quantitative estimate of drug-likeness (QED) is 0.344. The number of nitrogens with zero attached hydrogens (tertiary/aromatic N) is 2. The number of hydrogen-bond donors (Lipinski definition) is 1. The molecule has 0 aliphatic carbocycles. The molecule has 2 rings (SSSR count). The number of benzene rings is 1. The van der Waals surface area contributed by atoms with Gasteiger partial charge in [0.2, 0.25) is 0 Å². The van der Waals surface area contributed by atoms with Crippen molar-refractivity contribution in [1.82, 2.24) is 10.4 Å². The molecule has 1 N–H and O–H groups in total. The van der Waals surface area contributed by atoms with Gasteiger partial charge in [-0.25, -0.2) is 10.4 Å². The predicted molar refractivity (Wildman–Crippen MR) is 99.1 cm³/mol. The van der Waals surface area contributed by atoms with Gasteiger partial charge in [0, 0.05) is 9.77 Å². The van der Waals surface area contributed by atoms with Gasteiger partial charge in [0.05, 0.1) is 16.0 Å². The van der Waals surface area contributed by atoms with E-state index < -0.39 is 0 Å². The fraction of sp³-hybridized carbons (Fsp3) is 0.188. The Balaban J connectivity index is 1.93. The third-order valence-electron chi connectivity index (χ3n) is 2.90. The SMILES string of the molecule is C/C(=N\NC(=O)C(C)Sc1ccccn1)c1ccc(I)cc1. The largest absolute Gasteiger partial charge is 0.272 e. The molecule has 1 heterocycles. The molecule has 0 fully saturated rings. The van der Waals surface area contributed by atoms with Crippen molar-refractivity contribution in [3.8, 4) is 0 Å². The van der Waals surface area contributed by atoms with Gasteiger partial charge < -0.3 is 0 Å². The highest BCUT2D eigenvalue weighted by Gasteiger charge is 2.14. The number of aromatic nitrogens is 1. The summed E-state index contributed by atoms with van der Waals surface area (Å²) in [7, 11) is 0. The second-order valence-corrected chi connectivity index (χ2v) is 7.21. The van der Waals surface area contributed by atoms with E-state index in [-0.39, 0.29) is 11.2 Å². The molecule has 0 bridgehead atoms. The molecular weight excluding hydrogens is 409 g/mol. The van der Waals surface area contributed by atoms with Crippen LogP contribution < -0.4 is 5.43 Å². The molecule has 1 aromatic heterocycles. The van der Waals surface area contributed by atoms with E-state index in [1.807, 2.05) is 56.3 Å². The number of amides is 1. The summed E-state index contributed by atoms with van der Waals surface area (Å²) < 4.78 is 1.17. The van der Waals surface area contributed by atoms with Gasteiger partial charge in [0.25, 0.3) is 5.91 Å². The fourth-order valence-corrected chi connectivity index (χ4v) is 2.80. The molecule has 0 radical (unpaired) electrons. The lowest BCUT2D eigenvalue weighted by Gasteiger charge is -2.09. The van der Waals surface area contributed by atoms with Crippen LogP contribution in [0.2, 0.25) is 0 Å². The van der Waals surface area contributed by atoms with Crippen LogP contribution in [0.15, 0.2) is 58.8 Å². The van der Waals surface area contributed by atoms with Crippen LogP contribution in [0.25, 0.3) is 0 Å². The summed E-state index contributed by atoms with van der Waals surface area (Å²) in [6, 6.07) is 13.6. The van der Waals surface area contributed by atoms with E-state index in [9.17, 15) is 4.79 Å². The van der Waals surface area contributed by atoms with Crippen LogP contribution in [-0.4, -0.2) is 21.9 Å². The second-order valence-electron chi connectivity index (χ2n) is 4.61. The Morgan fingerprint density at radius 3 is 2.64 bits per heavy atom. The highest BCUT2D eigenvalue weighted by molar-refractivity contribution is 14.1. The van der Waals surface area contributed by atoms with E-state index in [4.69, 9.17) is 0 Å². The maximum absolute atomic E-state index is 12.1. The standard InChI is InChI=1S/C16H16IN3OS/c1-11(13-6-8-14(17)9-7-13)19-20-16(21)12(2)22-15-5-3-4-10-18-15/h3-10,12H,1-2H3,(H,20,21)/b19-11+. The van der Waals surface area contributed by atoms with Gasteiger partial charge >= 0.3 is 0 Å². The van der Waals surface area contributed by atoms with Gasteiger partial charge in [-0.05, 0) is 66.3 Å². The Labute approximate surface area is 147 Å². The number of pyridine rings is 1. The van der Waals surface area contributed by atoms with Crippen LogP contribution in [0, 0.1) is 3.57 Å². The molecule has 0 spiro atoms. The average Bonchev–Trinajstić information content (AvgIpc) is 2.53. The molecular formula is C16H16IN3OS. The summed E-state index contributed by atoms with van der Waals surface area (Å²) in [5.74, 6) is -0.138. The van der Waals surface area contributed by atoms with Crippen LogP contribution in [0.5, 0.6) is 0 Å². The Hall–Kier alpha value is -1.41. The minimum absolute atomic E-state index is 0.138. The van der Waals surface area contributed by atoms with Crippen LogP contribution in [0.1, 0.15) is 19.4 Å². The lowest BCUT2D eigenvalue weighted by atomic mass is 10.1. The number of nitrogens with one attached hydrogen (secondary N) is 1.